The second-order valence-corrected chi connectivity index (χ2v) is 3.99. The van der Waals surface area contributed by atoms with E-state index < -0.39 is 0 Å². The number of aromatic nitrogens is 2. The molecule has 1 aromatic heterocycles. The Morgan fingerprint density at radius 1 is 1.40 bits per heavy atom. The highest BCUT2D eigenvalue weighted by molar-refractivity contribution is 9.10. The molecule has 1 rings (SSSR count). The maximum absolute atomic E-state index is 8.60. The first-order valence-electron chi connectivity index (χ1n) is 4.87. The maximum atomic E-state index is 8.60. The van der Waals surface area contributed by atoms with Crippen LogP contribution in [0.4, 0.5) is 11.8 Å². The second kappa shape index (κ2) is 6.58. The van der Waals surface area contributed by atoms with Gasteiger partial charge in [0.15, 0.2) is 0 Å². The van der Waals surface area contributed by atoms with E-state index >= 15 is 0 Å². The quantitative estimate of drug-likeness (QED) is 0.683. The van der Waals surface area contributed by atoms with Gasteiger partial charge in [0.2, 0.25) is 5.95 Å². The van der Waals surface area contributed by atoms with Crippen molar-refractivity contribution in [3.05, 3.63) is 10.7 Å². The summed E-state index contributed by atoms with van der Waals surface area (Å²) in [6.45, 7) is 1.07. The fourth-order valence-electron chi connectivity index (χ4n) is 1.13. The normalized spacial score (nSPS) is 10.3. The van der Waals surface area contributed by atoms with E-state index in [-0.39, 0.29) is 12.6 Å². The van der Waals surface area contributed by atoms with Crippen molar-refractivity contribution >= 4 is 27.7 Å². The lowest BCUT2D eigenvalue weighted by atomic mass is 10.2. The molecule has 0 aliphatic heterocycles. The van der Waals surface area contributed by atoms with Gasteiger partial charge in [-0.1, -0.05) is 0 Å². The lowest BCUT2D eigenvalue weighted by Crippen LogP contribution is -2.06. The van der Waals surface area contributed by atoms with Crippen molar-refractivity contribution in [2.75, 3.05) is 24.2 Å². The number of rotatable bonds is 6. The third-order valence-electron chi connectivity index (χ3n) is 1.89. The summed E-state index contributed by atoms with van der Waals surface area (Å²) in [4.78, 5) is 7.89. The topological polar surface area (TPSA) is 84.1 Å². The highest BCUT2D eigenvalue weighted by Crippen LogP contribution is 2.18. The summed E-state index contributed by atoms with van der Waals surface area (Å²) in [6, 6.07) is 0. The van der Waals surface area contributed by atoms with Gasteiger partial charge in [-0.25, -0.2) is 4.98 Å². The molecule has 0 aliphatic rings. The summed E-state index contributed by atoms with van der Waals surface area (Å²) in [6.07, 6.45) is 4.46. The van der Waals surface area contributed by atoms with Gasteiger partial charge in [-0.3, -0.25) is 0 Å². The number of halogens is 1. The van der Waals surface area contributed by atoms with Gasteiger partial charge in [-0.05, 0) is 35.2 Å². The van der Waals surface area contributed by atoms with Gasteiger partial charge in [-0.15, -0.1) is 0 Å². The summed E-state index contributed by atoms with van der Waals surface area (Å²) in [5.41, 5.74) is 5.46. The zero-order valence-electron chi connectivity index (χ0n) is 8.41. The third kappa shape index (κ3) is 4.44. The molecule has 4 N–H and O–H groups in total. The molecule has 0 saturated heterocycles. The van der Waals surface area contributed by atoms with Crippen molar-refractivity contribution in [3.63, 3.8) is 0 Å². The van der Waals surface area contributed by atoms with E-state index in [1.54, 1.807) is 6.20 Å². The number of unbranched alkanes of at least 4 members (excludes halogenated alkanes) is 2. The predicted octanol–water partition coefficient (Wildman–Crippen LogP) is 1.40. The number of nitrogen functional groups attached to an aromatic ring is 1. The number of aliphatic hydroxyl groups excluding tert-OH is 1. The molecule has 0 aromatic carbocycles. The SMILES string of the molecule is Nc1ncc(Br)c(NCCCCCO)n1. The molecule has 0 aliphatic carbocycles. The zero-order valence-corrected chi connectivity index (χ0v) is 10.00. The molecule has 6 heteroatoms. The van der Waals surface area contributed by atoms with Crippen molar-refractivity contribution in [3.8, 4) is 0 Å². The molecular weight excluding hydrogens is 260 g/mol. The van der Waals surface area contributed by atoms with Crippen LogP contribution in [0.5, 0.6) is 0 Å². The van der Waals surface area contributed by atoms with Crippen molar-refractivity contribution in [2.24, 2.45) is 0 Å². The number of anilines is 2. The first-order chi connectivity index (χ1) is 7.24. The van der Waals surface area contributed by atoms with Crippen LogP contribution in [0, 0.1) is 0 Å². The molecule has 0 fully saturated rings. The molecule has 0 atom stereocenters. The summed E-state index contributed by atoms with van der Waals surface area (Å²) < 4.78 is 0.804. The summed E-state index contributed by atoms with van der Waals surface area (Å²) >= 11 is 3.33. The van der Waals surface area contributed by atoms with Gasteiger partial charge >= 0.3 is 0 Å². The lowest BCUT2D eigenvalue weighted by molar-refractivity contribution is 0.283. The molecule has 0 bridgehead atoms. The minimum atomic E-state index is 0.254. The zero-order chi connectivity index (χ0) is 11.1. The first kappa shape index (κ1) is 12.2. The average Bonchev–Trinajstić information content (AvgIpc) is 2.23. The van der Waals surface area contributed by atoms with Crippen molar-refractivity contribution in [1.29, 1.82) is 0 Å². The van der Waals surface area contributed by atoms with Gasteiger partial charge in [0, 0.05) is 19.3 Å². The largest absolute Gasteiger partial charge is 0.396 e. The first-order valence-corrected chi connectivity index (χ1v) is 5.66. The number of aliphatic hydroxyl groups is 1. The Bertz CT molecular complexity index is 308. The molecule has 0 amide bonds. The molecule has 15 heavy (non-hydrogen) atoms. The number of nitrogens with two attached hydrogens (primary N) is 1. The third-order valence-corrected chi connectivity index (χ3v) is 2.47. The van der Waals surface area contributed by atoms with Crippen LogP contribution in [0.2, 0.25) is 0 Å². The number of nitrogens with one attached hydrogen (secondary N) is 1. The van der Waals surface area contributed by atoms with Crippen LogP contribution in [0.3, 0.4) is 0 Å². The molecule has 1 heterocycles. The molecule has 84 valence electrons. The molecule has 0 unspecified atom stereocenters. The molecule has 0 spiro atoms. The van der Waals surface area contributed by atoms with Gasteiger partial charge in [0.25, 0.3) is 0 Å². The van der Waals surface area contributed by atoms with E-state index in [1.807, 2.05) is 0 Å². The number of hydrogen-bond acceptors (Lipinski definition) is 5. The van der Waals surface area contributed by atoms with Crippen LogP contribution in [0.25, 0.3) is 0 Å². The summed E-state index contributed by atoms with van der Waals surface area (Å²) in [7, 11) is 0. The second-order valence-electron chi connectivity index (χ2n) is 3.14. The summed E-state index contributed by atoms with van der Waals surface area (Å²) in [5.74, 6) is 0.975. The Morgan fingerprint density at radius 3 is 2.93 bits per heavy atom. The van der Waals surface area contributed by atoms with Gasteiger partial charge in [-0.2, -0.15) is 4.98 Å². The summed E-state index contributed by atoms with van der Waals surface area (Å²) in [5, 5.41) is 11.8. The molecule has 5 nitrogen and oxygen atoms in total. The van der Waals surface area contributed by atoms with E-state index in [0.717, 1.165) is 30.3 Å². The Labute approximate surface area is 97.2 Å². The van der Waals surface area contributed by atoms with Crippen LogP contribution < -0.4 is 11.1 Å². The predicted molar refractivity (Wildman–Crippen MR) is 63.6 cm³/mol. The van der Waals surface area contributed by atoms with Gasteiger partial charge in [0.05, 0.1) is 4.47 Å². The van der Waals surface area contributed by atoms with E-state index in [1.165, 1.54) is 0 Å². The minimum absolute atomic E-state index is 0.254. The van der Waals surface area contributed by atoms with E-state index in [2.05, 4.69) is 31.2 Å². The van der Waals surface area contributed by atoms with Crippen LogP contribution >= 0.6 is 15.9 Å². The molecule has 1 aromatic rings. The average molecular weight is 275 g/mol. The Kier molecular flexibility index (Phi) is 5.34. The molecular formula is C9H15BrN4O. The minimum Gasteiger partial charge on any atom is -0.396 e. The Hall–Kier alpha value is -0.880. The Morgan fingerprint density at radius 2 is 2.20 bits per heavy atom. The van der Waals surface area contributed by atoms with Crippen LogP contribution in [0.1, 0.15) is 19.3 Å². The fraction of sp³-hybridized carbons (Fsp3) is 0.556. The van der Waals surface area contributed by atoms with E-state index in [9.17, 15) is 0 Å². The van der Waals surface area contributed by atoms with E-state index in [4.69, 9.17) is 10.8 Å². The number of hydrogen-bond donors (Lipinski definition) is 3. The van der Waals surface area contributed by atoms with Crippen molar-refractivity contribution < 1.29 is 5.11 Å². The van der Waals surface area contributed by atoms with Crippen LogP contribution in [0.15, 0.2) is 10.7 Å². The van der Waals surface area contributed by atoms with Gasteiger partial charge < -0.3 is 16.2 Å². The number of nitrogens with zero attached hydrogens (tertiary/aromatic N) is 2. The fourth-order valence-corrected chi connectivity index (χ4v) is 1.46. The van der Waals surface area contributed by atoms with Gasteiger partial charge in [0.1, 0.15) is 5.82 Å². The van der Waals surface area contributed by atoms with E-state index in [0.29, 0.717) is 5.82 Å². The standard InChI is InChI=1S/C9H15BrN4O/c10-7-6-13-9(11)14-8(7)12-4-2-1-3-5-15/h6,15H,1-5H2,(H3,11,12,13,14). The molecule has 0 radical (unpaired) electrons. The highest BCUT2D eigenvalue weighted by atomic mass is 79.9. The van der Waals surface area contributed by atoms with Crippen LogP contribution in [-0.4, -0.2) is 28.2 Å². The monoisotopic (exact) mass is 274 g/mol. The highest BCUT2D eigenvalue weighted by Gasteiger charge is 2.01. The Balaban J connectivity index is 2.33. The molecule has 0 saturated carbocycles. The lowest BCUT2D eigenvalue weighted by Gasteiger charge is -2.07. The van der Waals surface area contributed by atoms with Crippen molar-refractivity contribution in [2.45, 2.75) is 19.3 Å². The van der Waals surface area contributed by atoms with Crippen LogP contribution in [-0.2, 0) is 0 Å². The maximum Gasteiger partial charge on any atom is 0.221 e. The smallest absolute Gasteiger partial charge is 0.221 e. The van der Waals surface area contributed by atoms with Crippen molar-refractivity contribution in [1.82, 2.24) is 9.97 Å².